The van der Waals surface area contributed by atoms with Crippen molar-refractivity contribution in [3.63, 3.8) is 0 Å². The van der Waals surface area contributed by atoms with Crippen LogP contribution in [0.15, 0.2) is 47.4 Å². The normalized spacial score (nSPS) is 24.9. The molecule has 0 saturated heterocycles. The molecule has 4 rings (SSSR count). The summed E-state index contributed by atoms with van der Waals surface area (Å²) in [5.74, 6) is -0.115. The lowest BCUT2D eigenvalue weighted by atomic mass is 9.99. The SMILES string of the molecule is CCOC(=O)[C@@]1(CN)[C@H](S(=O)(=O)c2ccc(C)cc2)[C@@H]1c1ccc2c(c1)OCO2. The van der Waals surface area contributed by atoms with Crippen LogP contribution in [0.3, 0.4) is 0 Å². The molecule has 8 heteroatoms. The van der Waals surface area contributed by atoms with Gasteiger partial charge in [-0.25, -0.2) is 8.42 Å². The molecular weight excluding hydrogens is 394 g/mol. The molecule has 2 aromatic carbocycles. The highest BCUT2D eigenvalue weighted by atomic mass is 32.2. The van der Waals surface area contributed by atoms with E-state index in [1.165, 1.54) is 0 Å². The zero-order valence-electron chi connectivity index (χ0n) is 16.3. The second-order valence-electron chi connectivity index (χ2n) is 7.33. The minimum Gasteiger partial charge on any atom is -0.465 e. The summed E-state index contributed by atoms with van der Waals surface area (Å²) < 4.78 is 43.0. The number of sulfone groups is 1. The van der Waals surface area contributed by atoms with E-state index >= 15 is 0 Å². The molecule has 0 bridgehead atoms. The second kappa shape index (κ2) is 7.03. The molecule has 2 aliphatic rings. The first-order valence-corrected chi connectivity index (χ1v) is 11.0. The third kappa shape index (κ3) is 2.98. The molecular formula is C21H23NO6S. The fraction of sp³-hybridized carbons (Fsp3) is 0.381. The fourth-order valence-corrected chi connectivity index (χ4v) is 6.53. The molecule has 0 amide bonds. The molecule has 1 aliphatic carbocycles. The van der Waals surface area contributed by atoms with Gasteiger partial charge in [0.1, 0.15) is 5.41 Å². The summed E-state index contributed by atoms with van der Waals surface area (Å²) in [5, 5.41) is -1.01. The van der Waals surface area contributed by atoms with Crippen molar-refractivity contribution < 1.29 is 27.4 Å². The van der Waals surface area contributed by atoms with Crippen LogP contribution in [0.25, 0.3) is 0 Å². The van der Waals surface area contributed by atoms with Crippen molar-refractivity contribution in [2.24, 2.45) is 11.1 Å². The maximum absolute atomic E-state index is 13.5. The molecule has 1 saturated carbocycles. The molecule has 2 N–H and O–H groups in total. The molecule has 154 valence electrons. The van der Waals surface area contributed by atoms with E-state index in [1.54, 1.807) is 49.4 Å². The van der Waals surface area contributed by atoms with Crippen LogP contribution < -0.4 is 15.2 Å². The van der Waals surface area contributed by atoms with Crippen molar-refractivity contribution in [2.75, 3.05) is 19.9 Å². The molecule has 7 nitrogen and oxygen atoms in total. The zero-order valence-corrected chi connectivity index (χ0v) is 17.1. The van der Waals surface area contributed by atoms with Crippen molar-refractivity contribution in [3.05, 3.63) is 53.6 Å². The molecule has 0 aromatic heterocycles. The molecule has 3 atom stereocenters. The Kier molecular flexibility index (Phi) is 4.78. The zero-order chi connectivity index (χ0) is 20.8. The smallest absolute Gasteiger partial charge is 0.315 e. The minimum absolute atomic E-state index is 0.106. The molecule has 2 aromatic rings. The Hall–Kier alpha value is -2.58. The first kappa shape index (κ1) is 19.7. The van der Waals surface area contributed by atoms with E-state index in [0.717, 1.165) is 5.56 Å². The highest BCUT2D eigenvalue weighted by Crippen LogP contribution is 2.64. The lowest BCUT2D eigenvalue weighted by molar-refractivity contribution is -0.149. The van der Waals surface area contributed by atoms with E-state index in [9.17, 15) is 13.2 Å². The van der Waals surface area contributed by atoms with E-state index < -0.39 is 32.4 Å². The predicted molar refractivity (Wildman–Crippen MR) is 106 cm³/mol. The number of carbonyl (C=O) groups is 1. The number of nitrogens with two attached hydrogens (primary N) is 1. The number of aryl methyl sites for hydroxylation is 1. The van der Waals surface area contributed by atoms with Crippen LogP contribution in [0, 0.1) is 12.3 Å². The molecule has 1 heterocycles. The Bertz CT molecular complexity index is 1050. The van der Waals surface area contributed by atoms with Gasteiger partial charge in [-0.15, -0.1) is 0 Å². The Morgan fingerprint density at radius 1 is 1.17 bits per heavy atom. The lowest BCUT2D eigenvalue weighted by Crippen LogP contribution is -2.33. The van der Waals surface area contributed by atoms with Crippen LogP contribution in [-0.2, 0) is 19.4 Å². The molecule has 1 fully saturated rings. The molecule has 29 heavy (non-hydrogen) atoms. The summed E-state index contributed by atoms with van der Waals surface area (Å²) in [6.45, 7) is 3.68. The maximum atomic E-state index is 13.5. The van der Waals surface area contributed by atoms with Crippen molar-refractivity contribution in [1.29, 1.82) is 0 Å². The Labute approximate surface area is 169 Å². The van der Waals surface area contributed by atoms with Gasteiger partial charge in [-0.2, -0.15) is 0 Å². The third-order valence-corrected chi connectivity index (χ3v) is 7.98. The van der Waals surface area contributed by atoms with Crippen molar-refractivity contribution in [2.45, 2.75) is 29.9 Å². The van der Waals surface area contributed by atoms with Gasteiger partial charge in [0.15, 0.2) is 21.3 Å². The molecule has 0 unspecified atom stereocenters. The minimum atomic E-state index is -3.83. The first-order chi connectivity index (χ1) is 13.9. The van der Waals surface area contributed by atoms with Gasteiger partial charge in [-0.3, -0.25) is 4.79 Å². The number of carbonyl (C=O) groups excluding carboxylic acids is 1. The van der Waals surface area contributed by atoms with Crippen molar-refractivity contribution in [1.82, 2.24) is 0 Å². The summed E-state index contributed by atoms with van der Waals surface area (Å²) in [7, 11) is -3.83. The van der Waals surface area contributed by atoms with Crippen LogP contribution >= 0.6 is 0 Å². The first-order valence-electron chi connectivity index (χ1n) is 9.43. The Morgan fingerprint density at radius 2 is 1.86 bits per heavy atom. The van der Waals surface area contributed by atoms with Gasteiger partial charge in [0.05, 0.1) is 16.8 Å². The van der Waals surface area contributed by atoms with Gasteiger partial charge >= 0.3 is 5.97 Å². The standard InChI is InChI=1S/C21H23NO6S/c1-3-26-20(23)21(11-22)18(14-6-9-16-17(10-14)28-12-27-16)19(21)29(24,25)15-7-4-13(2)5-8-15/h4-10,18-19H,3,11-12,22H2,1-2H3/t18-,19+,21+/m0/s1. The Balaban J connectivity index is 1.81. The summed E-state index contributed by atoms with van der Waals surface area (Å²) in [4.78, 5) is 13.1. The van der Waals surface area contributed by atoms with E-state index in [4.69, 9.17) is 19.9 Å². The van der Waals surface area contributed by atoms with Crippen LogP contribution in [-0.4, -0.2) is 39.6 Å². The number of hydrogen-bond donors (Lipinski definition) is 1. The molecule has 0 radical (unpaired) electrons. The highest BCUT2D eigenvalue weighted by Gasteiger charge is 2.75. The van der Waals surface area contributed by atoms with Gasteiger partial charge in [-0.05, 0) is 43.7 Å². The monoisotopic (exact) mass is 417 g/mol. The topological polar surface area (TPSA) is 105 Å². The van der Waals surface area contributed by atoms with E-state index in [-0.39, 0.29) is 24.8 Å². The molecule has 0 spiro atoms. The van der Waals surface area contributed by atoms with Gasteiger partial charge in [0, 0.05) is 12.5 Å². The highest BCUT2D eigenvalue weighted by molar-refractivity contribution is 7.92. The number of rotatable bonds is 6. The number of fused-ring (bicyclic) bond motifs is 1. The van der Waals surface area contributed by atoms with Gasteiger partial charge in [0.2, 0.25) is 6.79 Å². The van der Waals surface area contributed by atoms with E-state index in [1.807, 2.05) is 6.92 Å². The maximum Gasteiger partial charge on any atom is 0.315 e. The number of ether oxygens (including phenoxy) is 3. The predicted octanol–water partition coefficient (Wildman–Crippen LogP) is 2.17. The van der Waals surface area contributed by atoms with Crippen molar-refractivity contribution in [3.8, 4) is 11.5 Å². The number of esters is 1. The number of hydrogen-bond acceptors (Lipinski definition) is 7. The second-order valence-corrected chi connectivity index (χ2v) is 9.40. The van der Waals surface area contributed by atoms with Gasteiger partial charge in [-0.1, -0.05) is 23.8 Å². The summed E-state index contributed by atoms with van der Waals surface area (Å²) in [5.41, 5.74) is 6.28. The summed E-state index contributed by atoms with van der Waals surface area (Å²) in [6, 6.07) is 11.8. The van der Waals surface area contributed by atoms with Crippen LogP contribution in [0.4, 0.5) is 0 Å². The van der Waals surface area contributed by atoms with E-state index in [2.05, 4.69) is 0 Å². The summed E-state index contributed by atoms with van der Waals surface area (Å²) in [6.07, 6.45) is 0. The third-order valence-electron chi connectivity index (χ3n) is 5.69. The summed E-state index contributed by atoms with van der Waals surface area (Å²) >= 11 is 0. The quantitative estimate of drug-likeness (QED) is 0.718. The van der Waals surface area contributed by atoms with Crippen molar-refractivity contribution >= 4 is 15.8 Å². The van der Waals surface area contributed by atoms with Crippen LogP contribution in [0.2, 0.25) is 0 Å². The van der Waals surface area contributed by atoms with Crippen LogP contribution in [0.5, 0.6) is 11.5 Å². The van der Waals surface area contributed by atoms with Crippen LogP contribution in [0.1, 0.15) is 24.0 Å². The molecule has 1 aliphatic heterocycles. The largest absolute Gasteiger partial charge is 0.465 e. The number of benzene rings is 2. The lowest BCUT2D eigenvalue weighted by Gasteiger charge is -2.14. The average molecular weight is 417 g/mol. The fourth-order valence-electron chi connectivity index (χ4n) is 4.15. The average Bonchev–Trinajstić information content (AvgIpc) is 3.20. The Morgan fingerprint density at radius 3 is 2.52 bits per heavy atom. The van der Waals surface area contributed by atoms with Gasteiger partial charge < -0.3 is 19.9 Å². The van der Waals surface area contributed by atoms with Gasteiger partial charge in [0.25, 0.3) is 0 Å². The van der Waals surface area contributed by atoms with E-state index in [0.29, 0.717) is 17.1 Å².